The smallest absolute Gasteiger partial charge is 0.291 e. The summed E-state index contributed by atoms with van der Waals surface area (Å²) >= 11 is 0. The van der Waals surface area contributed by atoms with E-state index in [9.17, 15) is 4.39 Å². The Morgan fingerprint density at radius 3 is 2.67 bits per heavy atom. The van der Waals surface area contributed by atoms with E-state index in [0.717, 1.165) is 0 Å². The maximum Gasteiger partial charge on any atom is 0.291 e. The summed E-state index contributed by atoms with van der Waals surface area (Å²) in [6, 6.07) is 0. The lowest BCUT2D eigenvalue weighted by Gasteiger charge is -1.69. The van der Waals surface area contributed by atoms with Crippen LogP contribution in [0, 0.1) is 11.5 Å². The first-order valence-electron chi connectivity index (χ1n) is 1.21. The molecule has 0 saturated heterocycles. The van der Waals surface area contributed by atoms with Crippen LogP contribution in [0.5, 0.6) is 0 Å². The van der Waals surface area contributed by atoms with Crippen molar-refractivity contribution in [3.63, 3.8) is 0 Å². The van der Waals surface area contributed by atoms with Gasteiger partial charge >= 0.3 is 0 Å². The molecule has 0 unspecified atom stereocenters. The van der Waals surface area contributed by atoms with Crippen molar-refractivity contribution >= 4 is 0 Å². The van der Waals surface area contributed by atoms with E-state index in [2.05, 4.69) is 4.74 Å². The molecule has 0 heterocycles. The van der Waals surface area contributed by atoms with Crippen molar-refractivity contribution < 1.29 is 9.13 Å². The second-order valence-corrected chi connectivity index (χ2v) is 0.471. The molecule has 0 saturated carbocycles. The van der Waals surface area contributed by atoms with Crippen LogP contribution in [0.15, 0.2) is 12.6 Å². The van der Waals surface area contributed by atoms with Crippen LogP contribution < -0.4 is 0 Å². The molecular weight excluding hydrogens is 85.0 g/mol. The van der Waals surface area contributed by atoms with E-state index < -0.39 is 0 Å². The van der Waals surface area contributed by atoms with E-state index >= 15 is 0 Å². The van der Waals surface area contributed by atoms with Crippen molar-refractivity contribution in [2.24, 2.45) is 0 Å². The first kappa shape index (κ1) is 4.96. The van der Waals surface area contributed by atoms with Crippen molar-refractivity contribution in [3.05, 3.63) is 12.6 Å². The average Bonchev–Trinajstić information content (AvgIpc) is 1.61. The molecule has 2 nitrogen and oxygen atoms in total. The van der Waals surface area contributed by atoms with E-state index in [4.69, 9.17) is 5.26 Å². The monoisotopic (exact) mass is 87.0 g/mol. The summed E-state index contributed by atoms with van der Waals surface area (Å²) in [5, 5.41) is 7.51. The quantitative estimate of drug-likeness (QED) is 0.352. The number of hydrogen-bond donors (Lipinski definition) is 0. The van der Waals surface area contributed by atoms with Crippen molar-refractivity contribution in [3.8, 4) is 6.26 Å². The summed E-state index contributed by atoms with van der Waals surface area (Å²) in [5.41, 5.74) is 0. The van der Waals surface area contributed by atoms with Crippen LogP contribution in [0.3, 0.4) is 0 Å². The Balaban J connectivity index is 2.92. The van der Waals surface area contributed by atoms with E-state index in [1.165, 1.54) is 6.26 Å². The number of halogens is 1. The largest absolute Gasteiger partial charge is 0.394 e. The highest BCUT2D eigenvalue weighted by Crippen LogP contribution is 1.71. The molecule has 0 amide bonds. The molecule has 0 radical (unpaired) electrons. The predicted molar refractivity (Wildman–Crippen MR) is 16.9 cm³/mol. The summed E-state index contributed by atoms with van der Waals surface area (Å²) in [5.74, 6) is 0. The molecule has 0 aromatic carbocycles. The predicted octanol–water partition coefficient (Wildman–Crippen LogP) is 0.925. The normalized spacial score (nSPS) is 8.00. The third-order valence-corrected chi connectivity index (χ3v) is 0.172. The van der Waals surface area contributed by atoms with E-state index in [1.807, 2.05) is 0 Å². The van der Waals surface area contributed by atoms with Crippen molar-refractivity contribution in [2.75, 3.05) is 0 Å². The molecule has 0 atom stereocenters. The number of nitrogens with zero attached hydrogens (tertiary/aromatic N) is 1. The van der Waals surface area contributed by atoms with Gasteiger partial charge in [-0.25, -0.2) is 4.39 Å². The first-order valence-corrected chi connectivity index (χ1v) is 1.21. The number of nitriles is 1. The highest BCUT2D eigenvalue weighted by atomic mass is 19.1. The van der Waals surface area contributed by atoms with Gasteiger partial charge in [-0.15, -0.1) is 5.26 Å². The molecular formula is C3H2FNO. The molecule has 0 aromatic heterocycles. The molecule has 0 bridgehead atoms. The summed E-state index contributed by atoms with van der Waals surface area (Å²) in [6.45, 7) is 0. The van der Waals surface area contributed by atoms with E-state index in [-0.39, 0.29) is 6.33 Å². The molecule has 32 valence electrons. The lowest BCUT2D eigenvalue weighted by molar-refractivity contribution is 0.417. The van der Waals surface area contributed by atoms with Crippen molar-refractivity contribution in [1.29, 1.82) is 5.26 Å². The molecule has 0 spiro atoms. The van der Waals surface area contributed by atoms with Crippen LogP contribution in [0.4, 0.5) is 4.39 Å². The van der Waals surface area contributed by atoms with Crippen LogP contribution in [0.1, 0.15) is 0 Å². The van der Waals surface area contributed by atoms with Crippen LogP contribution >= 0.6 is 0 Å². The molecule has 0 aliphatic carbocycles. The fourth-order valence-electron chi connectivity index (χ4n) is 0.0561. The van der Waals surface area contributed by atoms with Crippen molar-refractivity contribution in [2.45, 2.75) is 0 Å². The maximum absolute atomic E-state index is 10.7. The minimum Gasteiger partial charge on any atom is -0.394 e. The SMILES string of the molecule is N#COC=CF. The van der Waals surface area contributed by atoms with Gasteiger partial charge in [-0.05, 0) is 0 Å². The topological polar surface area (TPSA) is 33.0 Å². The Labute approximate surface area is 34.5 Å². The first-order chi connectivity index (χ1) is 2.91. The van der Waals surface area contributed by atoms with Gasteiger partial charge in [0.1, 0.15) is 12.6 Å². The Bertz CT molecular complexity index is 83.3. The molecule has 6 heavy (non-hydrogen) atoms. The van der Waals surface area contributed by atoms with Gasteiger partial charge in [0.2, 0.25) is 0 Å². The Morgan fingerprint density at radius 2 is 2.50 bits per heavy atom. The van der Waals surface area contributed by atoms with Gasteiger partial charge in [0.25, 0.3) is 6.26 Å². The second-order valence-electron chi connectivity index (χ2n) is 0.471. The molecule has 0 aliphatic heterocycles. The van der Waals surface area contributed by atoms with Gasteiger partial charge in [0.05, 0.1) is 0 Å². The highest BCUT2D eigenvalue weighted by Gasteiger charge is 1.60. The Hall–Kier alpha value is -1.04. The van der Waals surface area contributed by atoms with Gasteiger partial charge < -0.3 is 4.74 Å². The third kappa shape index (κ3) is 2.96. The standard InChI is InChI=1S/C3H2FNO/c4-1-2-6-3-5/h1-2H. The fourth-order valence-corrected chi connectivity index (χ4v) is 0.0561. The minimum atomic E-state index is 0.142. The van der Waals surface area contributed by atoms with Gasteiger partial charge in [0.15, 0.2) is 0 Å². The number of ether oxygens (including phenoxy) is 1. The van der Waals surface area contributed by atoms with Crippen LogP contribution in [-0.2, 0) is 4.74 Å². The van der Waals surface area contributed by atoms with Gasteiger partial charge in [-0.3, -0.25) is 0 Å². The van der Waals surface area contributed by atoms with Gasteiger partial charge in [-0.2, -0.15) is 0 Å². The van der Waals surface area contributed by atoms with Gasteiger partial charge in [0, 0.05) is 0 Å². The number of rotatable bonds is 1. The van der Waals surface area contributed by atoms with E-state index in [1.54, 1.807) is 0 Å². The minimum absolute atomic E-state index is 0.142. The summed E-state index contributed by atoms with van der Waals surface area (Å²) in [6.07, 6.45) is 2.04. The second kappa shape index (κ2) is 3.96. The number of hydrogen-bond acceptors (Lipinski definition) is 2. The zero-order valence-electron chi connectivity index (χ0n) is 2.89. The zero-order valence-corrected chi connectivity index (χ0v) is 2.89. The van der Waals surface area contributed by atoms with Crippen LogP contribution in [0.25, 0.3) is 0 Å². The van der Waals surface area contributed by atoms with E-state index in [0.29, 0.717) is 6.26 Å². The average molecular weight is 87.1 g/mol. The molecule has 0 N–H and O–H groups in total. The molecule has 3 heteroatoms. The van der Waals surface area contributed by atoms with Gasteiger partial charge in [-0.1, -0.05) is 0 Å². The van der Waals surface area contributed by atoms with Crippen LogP contribution in [-0.4, -0.2) is 0 Å². The Morgan fingerprint density at radius 1 is 1.83 bits per heavy atom. The summed E-state index contributed by atoms with van der Waals surface area (Å²) < 4.78 is 14.5. The zero-order chi connectivity index (χ0) is 4.83. The summed E-state index contributed by atoms with van der Waals surface area (Å²) in [4.78, 5) is 0. The van der Waals surface area contributed by atoms with Crippen LogP contribution in [0.2, 0.25) is 0 Å². The molecule has 0 aliphatic rings. The Kier molecular flexibility index (Phi) is 3.27. The third-order valence-electron chi connectivity index (χ3n) is 0.172. The highest BCUT2D eigenvalue weighted by molar-refractivity contribution is 4.63. The lowest BCUT2D eigenvalue weighted by atomic mass is 11.1. The van der Waals surface area contributed by atoms with Crippen molar-refractivity contribution in [1.82, 2.24) is 0 Å². The molecule has 0 rings (SSSR count). The maximum atomic E-state index is 10.7. The summed E-state index contributed by atoms with van der Waals surface area (Å²) in [7, 11) is 0. The molecule has 0 aromatic rings. The fraction of sp³-hybridized carbons (Fsp3) is 0. The molecule has 0 fully saturated rings. The lowest BCUT2D eigenvalue weighted by Crippen LogP contribution is -1.57.